The number of nitrogens with one attached hydrogen (secondary N) is 2. The van der Waals surface area contributed by atoms with Crippen LogP contribution in [0.2, 0.25) is 10.0 Å². The van der Waals surface area contributed by atoms with Crippen molar-refractivity contribution in [1.29, 1.82) is 0 Å². The summed E-state index contributed by atoms with van der Waals surface area (Å²) >= 11 is 12.2. The zero-order valence-corrected chi connectivity index (χ0v) is 23.6. The lowest BCUT2D eigenvalue weighted by molar-refractivity contribution is -0.122. The predicted molar refractivity (Wildman–Crippen MR) is 149 cm³/mol. The van der Waals surface area contributed by atoms with E-state index in [9.17, 15) is 18.6 Å². The first-order valence-electron chi connectivity index (χ1n) is 11.9. The van der Waals surface area contributed by atoms with E-state index >= 15 is 0 Å². The number of rotatable bonds is 17. The van der Waals surface area contributed by atoms with Crippen LogP contribution in [0.4, 0.5) is 5.69 Å². The van der Waals surface area contributed by atoms with Crippen LogP contribution in [0.1, 0.15) is 42.9 Å². The van der Waals surface area contributed by atoms with Gasteiger partial charge in [0.1, 0.15) is 5.75 Å². The molecule has 0 bridgehead atoms. The number of phenols is 1. The van der Waals surface area contributed by atoms with E-state index in [1.165, 1.54) is 12.1 Å². The lowest BCUT2D eigenvalue weighted by Crippen LogP contribution is -2.22. The maximum absolute atomic E-state index is 11.4. The molecule has 0 saturated carbocycles. The number of benzene rings is 2. The number of hydrogen-bond acceptors (Lipinski definition) is 8. The van der Waals surface area contributed by atoms with Crippen molar-refractivity contribution in [1.82, 2.24) is 5.32 Å². The summed E-state index contributed by atoms with van der Waals surface area (Å²) in [6.45, 7) is 2.84. The fourth-order valence-corrected chi connectivity index (χ4v) is 4.34. The Morgan fingerprint density at radius 2 is 1.63 bits per heavy atom. The smallest absolute Gasteiger partial charge is 0.290 e. The van der Waals surface area contributed by atoms with Gasteiger partial charge >= 0.3 is 0 Å². The van der Waals surface area contributed by atoms with Crippen LogP contribution in [0.25, 0.3) is 0 Å². The van der Waals surface area contributed by atoms with E-state index in [1.54, 1.807) is 24.3 Å². The highest BCUT2D eigenvalue weighted by atomic mass is 35.5. The Labute approximate surface area is 233 Å². The number of unbranched alkanes of at least 4 members (excludes halogenated alkanes) is 3. The van der Waals surface area contributed by atoms with Crippen LogP contribution in [0, 0.1) is 0 Å². The maximum atomic E-state index is 11.4. The van der Waals surface area contributed by atoms with Gasteiger partial charge in [0.25, 0.3) is 6.47 Å². The zero-order chi connectivity index (χ0) is 28.4. The summed E-state index contributed by atoms with van der Waals surface area (Å²) in [5.74, 6) is -0.196. The van der Waals surface area contributed by atoms with Crippen molar-refractivity contribution in [3.63, 3.8) is 0 Å². The van der Waals surface area contributed by atoms with Crippen LogP contribution < -0.4 is 10.0 Å². The molecule has 0 aromatic heterocycles. The van der Waals surface area contributed by atoms with Crippen molar-refractivity contribution in [3.8, 4) is 5.75 Å². The third-order valence-corrected chi connectivity index (χ3v) is 6.41. The van der Waals surface area contributed by atoms with Gasteiger partial charge in [-0.15, -0.1) is 0 Å². The molecule has 0 saturated heterocycles. The number of aliphatic hydroxyl groups is 1. The molecule has 0 radical (unpaired) electrons. The molecule has 0 aliphatic rings. The molecule has 0 spiro atoms. The highest BCUT2D eigenvalue weighted by molar-refractivity contribution is 7.92. The normalized spacial score (nSPS) is 11.9. The number of aromatic hydroxyl groups is 1. The predicted octanol–water partition coefficient (Wildman–Crippen LogP) is 4.19. The van der Waals surface area contributed by atoms with Crippen LogP contribution >= 0.6 is 23.2 Å². The van der Waals surface area contributed by atoms with Gasteiger partial charge in [-0.2, -0.15) is 0 Å². The van der Waals surface area contributed by atoms with Crippen LogP contribution in [0.5, 0.6) is 5.75 Å². The highest BCUT2D eigenvalue weighted by Crippen LogP contribution is 2.28. The van der Waals surface area contributed by atoms with Gasteiger partial charge in [-0.3, -0.25) is 9.52 Å². The fraction of sp³-hybridized carbons (Fsp3) is 0.480. The molecule has 2 aromatic carbocycles. The number of phenolic OH excluding ortho intramolecular Hbond substituents is 1. The quantitative estimate of drug-likeness (QED) is 0.103. The molecule has 2 rings (SSSR count). The van der Waals surface area contributed by atoms with E-state index in [-0.39, 0.29) is 17.9 Å². The number of halogens is 2. The lowest BCUT2D eigenvalue weighted by atomic mass is 10.1. The molecule has 0 heterocycles. The molecular weight excluding hydrogens is 559 g/mol. The van der Waals surface area contributed by atoms with Gasteiger partial charge in [-0.25, -0.2) is 8.42 Å². The maximum Gasteiger partial charge on any atom is 0.290 e. The summed E-state index contributed by atoms with van der Waals surface area (Å²) in [4.78, 5) is 8.36. The summed E-state index contributed by atoms with van der Waals surface area (Å²) in [5, 5.41) is 31.4. The van der Waals surface area contributed by atoms with E-state index in [2.05, 4.69) is 10.0 Å². The van der Waals surface area contributed by atoms with E-state index in [0.717, 1.165) is 44.0 Å². The molecule has 0 aliphatic carbocycles. The number of carboxylic acid groups (broad SMARTS) is 1. The summed E-state index contributed by atoms with van der Waals surface area (Å²) in [6, 6.07) is 9.72. The average Bonchev–Trinajstić information content (AvgIpc) is 2.84. The molecule has 0 fully saturated rings. The van der Waals surface area contributed by atoms with Crippen LogP contribution in [-0.2, 0) is 30.9 Å². The molecular formula is C25H36Cl2N2O8S. The first kappa shape index (κ1) is 33.9. The second kappa shape index (κ2) is 19.0. The van der Waals surface area contributed by atoms with E-state index < -0.39 is 16.1 Å². The van der Waals surface area contributed by atoms with E-state index in [0.29, 0.717) is 48.6 Å². The topological polar surface area (TPSA) is 154 Å². The molecule has 10 nitrogen and oxygen atoms in total. The average molecular weight is 596 g/mol. The minimum absolute atomic E-state index is 0.0443. The zero-order valence-electron chi connectivity index (χ0n) is 21.2. The Kier molecular flexibility index (Phi) is 17.0. The third kappa shape index (κ3) is 14.7. The van der Waals surface area contributed by atoms with Crippen molar-refractivity contribution < 1.29 is 38.0 Å². The summed E-state index contributed by atoms with van der Waals surface area (Å²) in [6.07, 6.45) is 4.18. The van der Waals surface area contributed by atoms with Gasteiger partial charge in [-0.05, 0) is 49.2 Å². The summed E-state index contributed by atoms with van der Waals surface area (Å²) in [7, 11) is -3.53. The Hall–Kier alpha value is -2.12. The lowest BCUT2D eigenvalue weighted by Gasteiger charge is -2.14. The van der Waals surface area contributed by atoms with E-state index in [1.807, 2.05) is 0 Å². The van der Waals surface area contributed by atoms with Crippen molar-refractivity contribution in [2.45, 2.75) is 38.4 Å². The first-order valence-corrected chi connectivity index (χ1v) is 14.6. The first-order chi connectivity index (χ1) is 18.1. The van der Waals surface area contributed by atoms with Crippen LogP contribution in [0.3, 0.4) is 0 Å². The Morgan fingerprint density at radius 1 is 1.00 bits per heavy atom. The Bertz CT molecular complexity index is 1050. The standard InChI is InChI=1S/C24H34Cl2N2O6S.CH2O2/c1-35(31,32)28-22-15-18(9-10-23(22)29)24(30)16-27-11-4-2-3-5-12-33-13-14-34-17-19-20(25)7-6-8-21(19)26;2-1-3/h6-10,15,24,27-30H,2-5,11-14,16-17H2,1H3;1H,(H,2,3)/t24-;/m0./s1. The fourth-order valence-electron chi connectivity index (χ4n) is 3.27. The minimum Gasteiger partial charge on any atom is -0.506 e. The molecule has 214 valence electrons. The number of carbonyl (C=O) groups is 1. The molecule has 38 heavy (non-hydrogen) atoms. The second-order valence-corrected chi connectivity index (χ2v) is 10.8. The van der Waals surface area contributed by atoms with Crippen molar-refractivity contribution in [2.75, 3.05) is 43.9 Å². The molecule has 0 unspecified atom stereocenters. The molecule has 13 heteroatoms. The highest BCUT2D eigenvalue weighted by Gasteiger charge is 2.12. The van der Waals surface area contributed by atoms with E-state index in [4.69, 9.17) is 42.6 Å². The van der Waals surface area contributed by atoms with Crippen molar-refractivity contribution in [3.05, 3.63) is 57.6 Å². The van der Waals surface area contributed by atoms with Gasteiger partial charge < -0.3 is 30.1 Å². The third-order valence-electron chi connectivity index (χ3n) is 5.11. The molecule has 2 aromatic rings. The van der Waals surface area contributed by atoms with Crippen molar-refractivity contribution >= 4 is 45.4 Å². The van der Waals surface area contributed by atoms with Crippen molar-refractivity contribution in [2.24, 2.45) is 0 Å². The van der Waals surface area contributed by atoms with Gasteiger partial charge in [0.15, 0.2) is 0 Å². The monoisotopic (exact) mass is 594 g/mol. The molecule has 0 aliphatic heterocycles. The summed E-state index contributed by atoms with van der Waals surface area (Å²) < 4.78 is 36.2. The largest absolute Gasteiger partial charge is 0.506 e. The number of sulfonamides is 1. The van der Waals surface area contributed by atoms with Gasteiger partial charge in [-0.1, -0.05) is 48.2 Å². The SMILES string of the molecule is CS(=O)(=O)Nc1cc([C@@H](O)CNCCCCCCOCCOCc2c(Cl)cccc2Cl)ccc1O.O=CO. The number of aliphatic hydroxyl groups excluding tert-OH is 1. The summed E-state index contributed by atoms with van der Waals surface area (Å²) in [5.41, 5.74) is 1.34. The van der Waals surface area contributed by atoms with Crippen LogP contribution in [-0.4, -0.2) is 69.4 Å². The molecule has 5 N–H and O–H groups in total. The Balaban J connectivity index is 0.00000229. The minimum atomic E-state index is -3.53. The number of hydrogen-bond donors (Lipinski definition) is 5. The second-order valence-electron chi connectivity index (χ2n) is 8.26. The number of ether oxygens (including phenoxy) is 2. The van der Waals surface area contributed by atoms with Gasteiger partial charge in [0.05, 0.1) is 37.9 Å². The molecule has 1 atom stereocenters. The van der Waals surface area contributed by atoms with Gasteiger partial charge in [0.2, 0.25) is 10.0 Å². The van der Waals surface area contributed by atoms with Gasteiger partial charge in [0, 0.05) is 28.8 Å². The Morgan fingerprint density at radius 3 is 2.29 bits per heavy atom. The van der Waals surface area contributed by atoms with Crippen LogP contribution in [0.15, 0.2) is 36.4 Å². The number of anilines is 1. The molecule has 0 amide bonds.